The van der Waals surface area contributed by atoms with Gasteiger partial charge in [-0.2, -0.15) is 0 Å². The van der Waals surface area contributed by atoms with Crippen LogP contribution in [0.4, 0.5) is 15.8 Å². The number of nitrogen functional groups attached to an aromatic ring is 1. The van der Waals surface area contributed by atoms with Crippen LogP contribution in [-0.4, -0.2) is 31.7 Å². The summed E-state index contributed by atoms with van der Waals surface area (Å²) >= 11 is 0. The molecular weight excluding hydrogens is 343 g/mol. The van der Waals surface area contributed by atoms with E-state index in [1.165, 1.54) is 6.07 Å². The zero-order valence-electron chi connectivity index (χ0n) is 13.8. The SMILES string of the molecule is Nc1cc(F)ccc1C(=O)OCC(=O)Nc1ccc2c(c1)OCCCO2. The summed E-state index contributed by atoms with van der Waals surface area (Å²) in [6, 6.07) is 8.29. The lowest BCUT2D eigenvalue weighted by Crippen LogP contribution is -2.21. The van der Waals surface area contributed by atoms with E-state index in [2.05, 4.69) is 5.32 Å². The van der Waals surface area contributed by atoms with Crippen molar-refractivity contribution < 1.29 is 28.2 Å². The number of nitrogens with two attached hydrogens (primary N) is 1. The standard InChI is InChI=1S/C18H17FN2O5/c19-11-2-4-13(14(20)8-11)18(23)26-10-17(22)21-12-3-5-15-16(9-12)25-7-1-6-24-15/h2-5,8-9H,1,6-7,10,20H2,(H,21,22). The Morgan fingerprint density at radius 3 is 2.65 bits per heavy atom. The van der Waals surface area contributed by atoms with Crippen molar-refractivity contribution >= 4 is 23.3 Å². The van der Waals surface area contributed by atoms with Crippen LogP contribution in [0, 0.1) is 5.82 Å². The predicted octanol–water partition coefficient (Wildman–Crippen LogP) is 2.36. The summed E-state index contributed by atoms with van der Waals surface area (Å²) in [5.41, 5.74) is 5.98. The van der Waals surface area contributed by atoms with Gasteiger partial charge in [0.2, 0.25) is 0 Å². The number of hydrogen-bond acceptors (Lipinski definition) is 6. The number of amides is 1. The van der Waals surface area contributed by atoms with E-state index in [-0.39, 0.29) is 11.3 Å². The minimum atomic E-state index is -0.809. The molecule has 0 atom stereocenters. The molecule has 0 unspecified atom stereocenters. The molecule has 26 heavy (non-hydrogen) atoms. The third kappa shape index (κ3) is 4.21. The molecule has 1 aliphatic rings. The molecule has 0 aromatic heterocycles. The van der Waals surface area contributed by atoms with Gasteiger partial charge in [-0.05, 0) is 30.3 Å². The van der Waals surface area contributed by atoms with Crippen molar-refractivity contribution in [2.75, 3.05) is 30.9 Å². The number of esters is 1. The van der Waals surface area contributed by atoms with Crippen molar-refractivity contribution in [1.29, 1.82) is 0 Å². The second kappa shape index (κ2) is 7.73. The van der Waals surface area contributed by atoms with Crippen LogP contribution in [0.25, 0.3) is 0 Å². The minimum Gasteiger partial charge on any atom is -0.490 e. The van der Waals surface area contributed by atoms with E-state index < -0.39 is 24.3 Å². The number of hydrogen-bond donors (Lipinski definition) is 2. The molecule has 0 bridgehead atoms. The van der Waals surface area contributed by atoms with Crippen molar-refractivity contribution in [2.45, 2.75) is 6.42 Å². The fraction of sp³-hybridized carbons (Fsp3) is 0.222. The lowest BCUT2D eigenvalue weighted by Gasteiger charge is -2.11. The second-order valence-electron chi connectivity index (χ2n) is 5.57. The number of halogens is 1. The summed E-state index contributed by atoms with van der Waals surface area (Å²) in [5.74, 6) is -0.758. The van der Waals surface area contributed by atoms with Gasteiger partial charge in [-0.15, -0.1) is 0 Å². The smallest absolute Gasteiger partial charge is 0.340 e. The quantitative estimate of drug-likeness (QED) is 0.641. The number of benzene rings is 2. The highest BCUT2D eigenvalue weighted by molar-refractivity contribution is 5.98. The van der Waals surface area contributed by atoms with Crippen molar-refractivity contribution in [3.05, 3.63) is 47.8 Å². The first-order valence-corrected chi connectivity index (χ1v) is 7.94. The van der Waals surface area contributed by atoms with Gasteiger partial charge in [-0.1, -0.05) is 0 Å². The highest BCUT2D eigenvalue weighted by Gasteiger charge is 2.15. The molecule has 0 radical (unpaired) electrons. The van der Waals surface area contributed by atoms with Crippen LogP contribution in [0.1, 0.15) is 16.8 Å². The number of ether oxygens (including phenoxy) is 3. The van der Waals surface area contributed by atoms with Crippen molar-refractivity contribution in [2.24, 2.45) is 0 Å². The third-order valence-corrected chi connectivity index (χ3v) is 3.60. The summed E-state index contributed by atoms with van der Waals surface area (Å²) in [7, 11) is 0. The molecule has 0 fully saturated rings. The summed E-state index contributed by atoms with van der Waals surface area (Å²) in [6.45, 7) is 0.590. The Morgan fingerprint density at radius 1 is 1.12 bits per heavy atom. The number of anilines is 2. The predicted molar refractivity (Wildman–Crippen MR) is 91.8 cm³/mol. The normalized spacial score (nSPS) is 12.8. The van der Waals surface area contributed by atoms with Gasteiger partial charge in [-0.3, -0.25) is 4.79 Å². The molecule has 0 spiro atoms. The Hall–Kier alpha value is -3.29. The number of nitrogens with one attached hydrogen (secondary N) is 1. The van der Waals surface area contributed by atoms with Crippen molar-refractivity contribution in [3.8, 4) is 11.5 Å². The van der Waals surface area contributed by atoms with Gasteiger partial charge in [0.1, 0.15) is 5.82 Å². The maximum Gasteiger partial charge on any atom is 0.340 e. The zero-order chi connectivity index (χ0) is 18.5. The first-order chi connectivity index (χ1) is 12.5. The first kappa shape index (κ1) is 17.5. The fourth-order valence-electron chi connectivity index (χ4n) is 2.37. The van der Waals surface area contributed by atoms with Crippen LogP contribution in [0.2, 0.25) is 0 Å². The van der Waals surface area contributed by atoms with Crippen LogP contribution in [-0.2, 0) is 9.53 Å². The lowest BCUT2D eigenvalue weighted by atomic mass is 10.2. The van der Waals surface area contributed by atoms with E-state index in [1.54, 1.807) is 18.2 Å². The van der Waals surface area contributed by atoms with Crippen LogP contribution < -0.4 is 20.5 Å². The molecular formula is C18H17FN2O5. The molecule has 1 amide bonds. The lowest BCUT2D eigenvalue weighted by molar-refractivity contribution is -0.119. The third-order valence-electron chi connectivity index (χ3n) is 3.60. The van der Waals surface area contributed by atoms with Gasteiger partial charge in [0.05, 0.1) is 18.8 Å². The highest BCUT2D eigenvalue weighted by atomic mass is 19.1. The minimum absolute atomic E-state index is 0.00483. The molecule has 2 aromatic carbocycles. The monoisotopic (exact) mass is 360 g/mol. The number of carbonyl (C=O) groups is 2. The first-order valence-electron chi connectivity index (χ1n) is 7.94. The summed E-state index contributed by atoms with van der Waals surface area (Å²) in [6.07, 6.45) is 0.777. The van der Waals surface area contributed by atoms with Gasteiger partial charge >= 0.3 is 5.97 Å². The zero-order valence-corrected chi connectivity index (χ0v) is 13.8. The van der Waals surface area contributed by atoms with Gasteiger partial charge < -0.3 is 25.3 Å². The number of fused-ring (bicyclic) bond motifs is 1. The number of carbonyl (C=O) groups excluding carboxylic acids is 2. The Balaban J connectivity index is 1.57. The highest BCUT2D eigenvalue weighted by Crippen LogP contribution is 2.32. The Morgan fingerprint density at radius 2 is 1.88 bits per heavy atom. The molecule has 7 nitrogen and oxygen atoms in total. The summed E-state index contributed by atoms with van der Waals surface area (Å²) < 4.78 is 29.0. The Labute approximate surface area is 148 Å². The summed E-state index contributed by atoms with van der Waals surface area (Å²) in [4.78, 5) is 23.9. The van der Waals surface area contributed by atoms with Crippen molar-refractivity contribution in [3.63, 3.8) is 0 Å². The topological polar surface area (TPSA) is 99.9 Å². The second-order valence-corrected chi connectivity index (χ2v) is 5.57. The molecule has 0 aliphatic carbocycles. The van der Waals surface area contributed by atoms with Gasteiger partial charge in [0.25, 0.3) is 5.91 Å². The van der Waals surface area contributed by atoms with E-state index in [4.69, 9.17) is 19.9 Å². The molecule has 1 heterocycles. The molecule has 3 N–H and O–H groups in total. The van der Waals surface area contributed by atoms with Crippen LogP contribution in [0.15, 0.2) is 36.4 Å². The molecule has 8 heteroatoms. The van der Waals surface area contributed by atoms with Gasteiger partial charge in [0, 0.05) is 23.9 Å². The van der Waals surface area contributed by atoms with Crippen LogP contribution in [0.3, 0.4) is 0 Å². The van der Waals surface area contributed by atoms with Crippen LogP contribution >= 0.6 is 0 Å². The average Bonchev–Trinajstić information content (AvgIpc) is 2.84. The molecule has 136 valence electrons. The van der Waals surface area contributed by atoms with E-state index >= 15 is 0 Å². The molecule has 2 aromatic rings. The number of rotatable bonds is 4. The van der Waals surface area contributed by atoms with Crippen molar-refractivity contribution in [1.82, 2.24) is 0 Å². The molecule has 0 saturated carbocycles. The van der Waals surface area contributed by atoms with E-state index in [0.717, 1.165) is 18.6 Å². The molecule has 0 saturated heterocycles. The Kier molecular flexibility index (Phi) is 5.21. The van der Waals surface area contributed by atoms with E-state index in [9.17, 15) is 14.0 Å². The fourth-order valence-corrected chi connectivity index (χ4v) is 2.37. The van der Waals surface area contributed by atoms with Crippen LogP contribution in [0.5, 0.6) is 11.5 Å². The maximum absolute atomic E-state index is 13.0. The Bertz CT molecular complexity index is 840. The van der Waals surface area contributed by atoms with E-state index in [1.807, 2.05) is 0 Å². The maximum atomic E-state index is 13.0. The van der Waals surface area contributed by atoms with Gasteiger partial charge in [-0.25, -0.2) is 9.18 Å². The molecule has 3 rings (SSSR count). The van der Waals surface area contributed by atoms with E-state index in [0.29, 0.717) is 30.4 Å². The van der Waals surface area contributed by atoms with Gasteiger partial charge in [0.15, 0.2) is 18.1 Å². The summed E-state index contributed by atoms with van der Waals surface area (Å²) in [5, 5.41) is 2.60. The largest absolute Gasteiger partial charge is 0.490 e. The average molecular weight is 360 g/mol. The molecule has 1 aliphatic heterocycles.